The number of hydrogen-bond acceptors (Lipinski definition) is 3. The van der Waals surface area contributed by atoms with Crippen molar-refractivity contribution < 1.29 is 19.5 Å². The second-order valence-corrected chi connectivity index (χ2v) is 6.51. The zero-order valence-electron chi connectivity index (χ0n) is 14.1. The molecule has 1 heterocycles. The Balaban J connectivity index is 1.89. The maximum absolute atomic E-state index is 12.3. The van der Waals surface area contributed by atoms with Crippen molar-refractivity contribution >= 4 is 17.8 Å². The van der Waals surface area contributed by atoms with Gasteiger partial charge >= 0.3 is 5.97 Å². The van der Waals surface area contributed by atoms with E-state index in [1.165, 1.54) is 0 Å². The van der Waals surface area contributed by atoms with Crippen LogP contribution >= 0.6 is 0 Å². The molecule has 0 aliphatic carbocycles. The topological polar surface area (TPSA) is 86.7 Å². The number of rotatable bonds is 7. The predicted octanol–water partition coefficient (Wildman–Crippen LogP) is 1.30. The number of likely N-dealkylation sites (tertiary alicyclic amines) is 1. The molecule has 0 bridgehead atoms. The summed E-state index contributed by atoms with van der Waals surface area (Å²) in [6.07, 6.45) is 0.554. The van der Waals surface area contributed by atoms with Gasteiger partial charge in [0.25, 0.3) is 0 Å². The minimum absolute atomic E-state index is 0.0239. The highest BCUT2D eigenvalue weighted by molar-refractivity contribution is 5.89. The zero-order chi connectivity index (χ0) is 17.7. The number of amides is 2. The van der Waals surface area contributed by atoms with Crippen molar-refractivity contribution in [2.24, 2.45) is 11.8 Å². The summed E-state index contributed by atoms with van der Waals surface area (Å²) in [5, 5.41) is 12.1. The lowest BCUT2D eigenvalue weighted by atomic mass is 9.99. The van der Waals surface area contributed by atoms with E-state index in [-0.39, 0.29) is 30.8 Å². The fourth-order valence-corrected chi connectivity index (χ4v) is 2.92. The zero-order valence-corrected chi connectivity index (χ0v) is 14.1. The van der Waals surface area contributed by atoms with E-state index in [1.54, 1.807) is 4.90 Å². The molecule has 2 N–H and O–H groups in total. The Hall–Kier alpha value is -2.37. The molecule has 1 saturated heterocycles. The number of carbonyl (C=O) groups excluding carboxylic acids is 2. The molecule has 2 atom stereocenters. The Bertz CT molecular complexity index is 600. The molecule has 1 aliphatic heterocycles. The summed E-state index contributed by atoms with van der Waals surface area (Å²) >= 11 is 0. The maximum Gasteiger partial charge on any atom is 0.308 e. The van der Waals surface area contributed by atoms with Crippen LogP contribution in [-0.2, 0) is 20.8 Å². The van der Waals surface area contributed by atoms with Crippen LogP contribution in [0.5, 0.6) is 0 Å². The van der Waals surface area contributed by atoms with Crippen LogP contribution in [-0.4, -0.2) is 46.9 Å². The Morgan fingerprint density at radius 1 is 1.29 bits per heavy atom. The van der Waals surface area contributed by atoms with E-state index >= 15 is 0 Å². The van der Waals surface area contributed by atoms with Crippen molar-refractivity contribution in [2.75, 3.05) is 13.1 Å². The molecule has 6 nitrogen and oxygen atoms in total. The molecule has 2 amide bonds. The lowest BCUT2D eigenvalue weighted by molar-refractivity contribution is -0.141. The van der Waals surface area contributed by atoms with E-state index in [9.17, 15) is 19.5 Å². The van der Waals surface area contributed by atoms with Gasteiger partial charge < -0.3 is 15.3 Å². The summed E-state index contributed by atoms with van der Waals surface area (Å²) in [5.41, 5.74) is 0.918. The molecule has 0 saturated carbocycles. The molecule has 0 radical (unpaired) electrons. The molecule has 1 fully saturated rings. The third-order valence-electron chi connectivity index (χ3n) is 4.35. The maximum atomic E-state index is 12.3. The summed E-state index contributed by atoms with van der Waals surface area (Å²) in [7, 11) is 0. The first-order valence-electron chi connectivity index (χ1n) is 8.22. The quantitative estimate of drug-likeness (QED) is 0.788. The minimum Gasteiger partial charge on any atom is -0.481 e. The van der Waals surface area contributed by atoms with Gasteiger partial charge in [-0.15, -0.1) is 0 Å². The van der Waals surface area contributed by atoms with Crippen molar-refractivity contribution in [3.63, 3.8) is 0 Å². The summed E-state index contributed by atoms with van der Waals surface area (Å²) in [4.78, 5) is 37.2. The molecule has 0 unspecified atom stereocenters. The van der Waals surface area contributed by atoms with Crippen LogP contribution in [0, 0.1) is 11.8 Å². The number of nitrogens with one attached hydrogen (secondary N) is 1. The Morgan fingerprint density at radius 3 is 2.50 bits per heavy atom. The molecular weight excluding hydrogens is 308 g/mol. The summed E-state index contributed by atoms with van der Waals surface area (Å²) < 4.78 is 0. The number of aliphatic carboxylic acids is 1. The van der Waals surface area contributed by atoms with Crippen molar-refractivity contribution in [1.29, 1.82) is 0 Å². The lowest BCUT2D eigenvalue weighted by Gasteiger charge is -2.21. The van der Waals surface area contributed by atoms with Crippen LogP contribution < -0.4 is 5.32 Å². The number of hydrogen-bond donors (Lipinski definition) is 2. The third kappa shape index (κ3) is 4.57. The molecule has 1 aromatic rings. The fourth-order valence-electron chi connectivity index (χ4n) is 2.92. The van der Waals surface area contributed by atoms with Gasteiger partial charge in [-0.05, 0) is 25.8 Å². The summed E-state index contributed by atoms with van der Waals surface area (Å²) in [6, 6.07) is 9.40. The number of carboxylic acid groups (broad SMARTS) is 1. The molecule has 6 heteroatoms. The van der Waals surface area contributed by atoms with Gasteiger partial charge in [0.15, 0.2) is 0 Å². The number of carboxylic acids is 1. The third-order valence-corrected chi connectivity index (χ3v) is 4.35. The fraction of sp³-hybridized carbons (Fsp3) is 0.500. The van der Waals surface area contributed by atoms with Crippen LogP contribution in [0.25, 0.3) is 0 Å². The van der Waals surface area contributed by atoms with E-state index in [0.717, 1.165) is 5.56 Å². The molecule has 0 spiro atoms. The predicted molar refractivity (Wildman–Crippen MR) is 89.2 cm³/mol. The van der Waals surface area contributed by atoms with Crippen molar-refractivity contribution in [3.05, 3.63) is 35.9 Å². The standard InChI is InChI=1S/C18H24N2O4/c1-12(2)20-11-15(9-16(20)21)17(22)19-10-14(18(23)24)8-13-6-4-3-5-7-13/h3-7,12,14-15H,8-11H2,1-2H3,(H,19,22)(H,23,24)/t14-,15-/m0/s1. The average Bonchev–Trinajstić information content (AvgIpc) is 2.94. The number of nitrogens with zero attached hydrogens (tertiary/aromatic N) is 1. The highest BCUT2D eigenvalue weighted by atomic mass is 16.4. The Labute approximate surface area is 141 Å². The highest BCUT2D eigenvalue weighted by Crippen LogP contribution is 2.20. The number of carbonyl (C=O) groups is 3. The normalized spacial score (nSPS) is 18.7. The van der Waals surface area contributed by atoms with E-state index < -0.39 is 17.8 Å². The van der Waals surface area contributed by atoms with E-state index in [1.807, 2.05) is 44.2 Å². The van der Waals surface area contributed by atoms with Crippen LogP contribution in [0.2, 0.25) is 0 Å². The largest absolute Gasteiger partial charge is 0.481 e. The van der Waals surface area contributed by atoms with Crippen LogP contribution in [0.1, 0.15) is 25.8 Å². The van der Waals surface area contributed by atoms with Crippen molar-refractivity contribution in [1.82, 2.24) is 10.2 Å². The van der Waals surface area contributed by atoms with Gasteiger partial charge in [0, 0.05) is 25.6 Å². The molecule has 0 aromatic heterocycles. The second kappa shape index (κ2) is 7.95. The van der Waals surface area contributed by atoms with Gasteiger partial charge in [0.1, 0.15) is 0 Å². The lowest BCUT2D eigenvalue weighted by Crippen LogP contribution is -2.39. The smallest absolute Gasteiger partial charge is 0.308 e. The molecular formula is C18H24N2O4. The summed E-state index contributed by atoms with van der Waals surface area (Å²) in [6.45, 7) is 4.30. The van der Waals surface area contributed by atoms with Gasteiger partial charge in [-0.25, -0.2) is 0 Å². The van der Waals surface area contributed by atoms with Gasteiger partial charge in [-0.2, -0.15) is 0 Å². The van der Waals surface area contributed by atoms with E-state index in [2.05, 4.69) is 5.32 Å². The van der Waals surface area contributed by atoms with E-state index in [0.29, 0.717) is 13.0 Å². The monoisotopic (exact) mass is 332 g/mol. The SMILES string of the molecule is CC(C)N1C[C@@H](C(=O)NC[C@H](Cc2ccccc2)C(=O)O)CC1=O. The van der Waals surface area contributed by atoms with Gasteiger partial charge in [0.05, 0.1) is 11.8 Å². The first-order valence-corrected chi connectivity index (χ1v) is 8.22. The van der Waals surface area contributed by atoms with Crippen LogP contribution in [0.4, 0.5) is 0 Å². The first kappa shape index (κ1) is 18.0. The minimum atomic E-state index is -0.939. The highest BCUT2D eigenvalue weighted by Gasteiger charge is 2.35. The van der Waals surface area contributed by atoms with Gasteiger partial charge in [0.2, 0.25) is 11.8 Å². The molecule has 1 aliphatic rings. The van der Waals surface area contributed by atoms with Crippen LogP contribution in [0.3, 0.4) is 0 Å². The molecule has 24 heavy (non-hydrogen) atoms. The van der Waals surface area contributed by atoms with E-state index in [4.69, 9.17) is 0 Å². The summed E-state index contributed by atoms with van der Waals surface area (Å²) in [5.74, 6) is -2.29. The van der Waals surface area contributed by atoms with Crippen molar-refractivity contribution in [2.45, 2.75) is 32.7 Å². The van der Waals surface area contributed by atoms with Gasteiger partial charge in [-0.3, -0.25) is 14.4 Å². The average molecular weight is 332 g/mol. The Kier molecular flexibility index (Phi) is 5.95. The molecule has 1 aromatic carbocycles. The first-order chi connectivity index (χ1) is 11.4. The van der Waals surface area contributed by atoms with Crippen LogP contribution in [0.15, 0.2) is 30.3 Å². The molecule has 130 valence electrons. The number of benzene rings is 1. The second-order valence-electron chi connectivity index (χ2n) is 6.51. The Morgan fingerprint density at radius 2 is 1.96 bits per heavy atom. The van der Waals surface area contributed by atoms with Crippen molar-refractivity contribution in [3.8, 4) is 0 Å². The molecule has 2 rings (SSSR count). The van der Waals surface area contributed by atoms with Gasteiger partial charge in [-0.1, -0.05) is 30.3 Å².